The summed E-state index contributed by atoms with van der Waals surface area (Å²) in [5.74, 6) is 1.25. The van der Waals surface area contributed by atoms with Gasteiger partial charge in [0.2, 0.25) is 0 Å². The van der Waals surface area contributed by atoms with Crippen molar-refractivity contribution in [2.45, 2.75) is 259 Å². The Morgan fingerprint density at radius 3 is 1.33 bits per heavy atom. The number of thiophene rings is 3. The van der Waals surface area contributed by atoms with Crippen LogP contribution in [0.5, 0.6) is 0 Å². The van der Waals surface area contributed by atoms with Crippen LogP contribution in [0.15, 0.2) is 24.3 Å². The molecule has 0 saturated heterocycles. The van der Waals surface area contributed by atoms with Crippen LogP contribution in [0.1, 0.15) is 262 Å². The Bertz CT molecular complexity index is 2310. The van der Waals surface area contributed by atoms with Crippen molar-refractivity contribution < 1.29 is 9.59 Å². The minimum absolute atomic E-state index is 0.295. The molecule has 4 nitrogen and oxygen atoms in total. The maximum atomic E-state index is 12.8. The first kappa shape index (κ1) is 51.4. The van der Waals surface area contributed by atoms with Crippen molar-refractivity contribution in [2.75, 3.05) is 0 Å². The van der Waals surface area contributed by atoms with E-state index in [9.17, 15) is 9.59 Å². The molecule has 5 aromatic heterocycles. The maximum Gasteiger partial charge on any atom is 0.156 e. The molecule has 0 amide bonds. The first-order chi connectivity index (χ1) is 32.4. The van der Waals surface area contributed by atoms with E-state index in [1.165, 1.54) is 242 Å². The van der Waals surface area contributed by atoms with Gasteiger partial charge in [0.05, 0.1) is 40.9 Å². The zero-order valence-electron chi connectivity index (χ0n) is 42.1. The van der Waals surface area contributed by atoms with Crippen LogP contribution in [-0.4, -0.2) is 20.7 Å². The number of nitrogens with zero attached hydrogens (tertiary/aromatic N) is 2. The van der Waals surface area contributed by atoms with Crippen LogP contribution in [0, 0.1) is 5.92 Å². The van der Waals surface area contributed by atoms with E-state index >= 15 is 0 Å². The molecule has 7 rings (SSSR count). The number of fused-ring (bicyclic) bond motifs is 7. The third-order valence-electron chi connectivity index (χ3n) is 15.3. The highest BCUT2D eigenvalue weighted by molar-refractivity contribution is 7.34. The summed E-state index contributed by atoms with van der Waals surface area (Å²) in [5.41, 5.74) is 8.37. The Hall–Kier alpha value is -2.48. The Kier molecular flexibility index (Phi) is 21.1. The van der Waals surface area contributed by atoms with Gasteiger partial charge in [-0.2, -0.15) is 0 Å². The van der Waals surface area contributed by atoms with Crippen LogP contribution in [-0.2, 0) is 16.1 Å². The summed E-state index contributed by atoms with van der Waals surface area (Å²) in [6.45, 7) is 10.4. The normalized spacial score (nSPS) is 15.1. The second-order valence-corrected chi connectivity index (χ2v) is 23.9. The van der Waals surface area contributed by atoms with Crippen LogP contribution >= 0.6 is 34.0 Å². The van der Waals surface area contributed by atoms with Crippen LogP contribution in [0.25, 0.3) is 52.0 Å². The molecular formula is C59H88N2O2S3. The van der Waals surface area contributed by atoms with E-state index in [0.29, 0.717) is 36.4 Å². The van der Waals surface area contributed by atoms with E-state index in [0.717, 1.165) is 32.2 Å². The average Bonchev–Trinajstić information content (AvgIpc) is 4.13. The summed E-state index contributed by atoms with van der Waals surface area (Å²) in [7, 11) is 0. The first-order valence-electron chi connectivity index (χ1n) is 27.9. The lowest BCUT2D eigenvalue weighted by atomic mass is 9.93. The van der Waals surface area contributed by atoms with Crippen molar-refractivity contribution >= 4 is 97.6 Å². The number of unbranched alkanes of at least 4 members (excludes halogenated alkanes) is 20. The second-order valence-electron chi connectivity index (χ2n) is 20.8. The number of hydrogen-bond donors (Lipinski definition) is 0. The number of carbonyl (C=O) groups excluding carboxylic acids is 2. The van der Waals surface area contributed by atoms with Gasteiger partial charge in [0.15, 0.2) is 11.6 Å². The lowest BCUT2D eigenvalue weighted by Gasteiger charge is -2.23. The lowest BCUT2D eigenvalue weighted by Crippen LogP contribution is -2.13. The largest absolute Gasteiger partial charge is 0.337 e. The van der Waals surface area contributed by atoms with Crippen molar-refractivity contribution in [1.29, 1.82) is 0 Å². The molecule has 5 heterocycles. The molecule has 0 fully saturated rings. The molecule has 0 unspecified atom stereocenters. The van der Waals surface area contributed by atoms with Crippen molar-refractivity contribution in [1.82, 2.24) is 9.13 Å². The Balaban J connectivity index is 1.36. The third-order valence-corrected chi connectivity index (χ3v) is 19.2. The number of carbonyl (C=O) groups is 2. The molecule has 2 aliphatic carbocycles. The first-order valence-corrected chi connectivity index (χ1v) is 30.4. The van der Waals surface area contributed by atoms with Gasteiger partial charge in [-0.05, 0) is 92.7 Å². The lowest BCUT2D eigenvalue weighted by molar-refractivity contribution is -0.115. The van der Waals surface area contributed by atoms with Gasteiger partial charge in [0.25, 0.3) is 0 Å². The standard InChI is InChI=1S/C59H88N2O2S3/c1-5-9-13-17-21-25-31-44(32-26-22-18-14-10-6-2)43-60-50-41-52(45-33-29-37-48(62)39-45)64-56(50)58-54(60)55-59(66-58)57-51(42-53(65-57)46-34-30-38-49(63)40-46)61(55)47(35-27-23-19-15-11-7-3)36-28-24-20-16-12-8-4/h39-42,44,47H,5-38,43H2,1-4H3. The molecule has 364 valence electrons. The van der Waals surface area contributed by atoms with E-state index in [-0.39, 0.29) is 0 Å². The van der Waals surface area contributed by atoms with Gasteiger partial charge in [0, 0.05) is 35.2 Å². The molecule has 2 aliphatic rings. The van der Waals surface area contributed by atoms with Crippen molar-refractivity contribution in [2.24, 2.45) is 5.92 Å². The molecule has 0 saturated carbocycles. The van der Waals surface area contributed by atoms with E-state index < -0.39 is 0 Å². The fourth-order valence-corrected chi connectivity index (χ4v) is 15.5. The highest BCUT2D eigenvalue weighted by Gasteiger charge is 2.30. The second kappa shape index (κ2) is 27.1. The Labute approximate surface area is 412 Å². The molecule has 0 spiro atoms. The zero-order chi connectivity index (χ0) is 46.1. The van der Waals surface area contributed by atoms with Gasteiger partial charge < -0.3 is 9.13 Å². The predicted molar refractivity (Wildman–Crippen MR) is 294 cm³/mol. The third kappa shape index (κ3) is 13.4. The summed E-state index contributed by atoms with van der Waals surface area (Å²) in [4.78, 5) is 28.3. The smallest absolute Gasteiger partial charge is 0.156 e. The van der Waals surface area contributed by atoms with Crippen molar-refractivity contribution in [3.8, 4) is 0 Å². The summed E-state index contributed by atoms with van der Waals surface area (Å²) in [5, 5.41) is 0. The monoisotopic (exact) mass is 953 g/mol. The van der Waals surface area contributed by atoms with Crippen LogP contribution in [0.4, 0.5) is 0 Å². The van der Waals surface area contributed by atoms with E-state index in [4.69, 9.17) is 0 Å². The molecule has 0 bridgehead atoms. The SMILES string of the molecule is CCCCCCCCC(CCCCCCCC)Cn1c2cc(C3=CC(=O)CCC3)sc2c2sc3c4sc(C5=CC(=O)CCC5)cc4n(C(CCCCCCCC)CCCCCCCC)c3c21. The minimum atomic E-state index is 0.295. The minimum Gasteiger partial charge on any atom is -0.337 e. The van der Waals surface area contributed by atoms with E-state index in [2.05, 4.69) is 60.3 Å². The van der Waals surface area contributed by atoms with Gasteiger partial charge in [0.1, 0.15) is 0 Å². The molecular weight excluding hydrogens is 865 g/mol. The summed E-state index contributed by atoms with van der Waals surface area (Å²) >= 11 is 6.01. The Morgan fingerprint density at radius 1 is 0.455 bits per heavy atom. The highest BCUT2D eigenvalue weighted by atomic mass is 32.1. The number of allylic oxidation sites excluding steroid dienone is 4. The average molecular weight is 954 g/mol. The Morgan fingerprint density at radius 2 is 0.864 bits per heavy atom. The quantitative estimate of drug-likeness (QED) is 0.0393. The van der Waals surface area contributed by atoms with Gasteiger partial charge in [-0.25, -0.2) is 0 Å². The molecule has 0 radical (unpaired) electrons. The van der Waals surface area contributed by atoms with Gasteiger partial charge in [-0.15, -0.1) is 34.0 Å². The van der Waals surface area contributed by atoms with Gasteiger partial charge in [-0.1, -0.05) is 182 Å². The van der Waals surface area contributed by atoms with Crippen molar-refractivity contribution in [3.63, 3.8) is 0 Å². The number of ketones is 2. The van der Waals surface area contributed by atoms with Crippen molar-refractivity contribution in [3.05, 3.63) is 34.0 Å². The molecule has 0 aliphatic heterocycles. The summed E-state index contributed by atoms with van der Waals surface area (Å²) in [6.07, 6.45) is 46.6. The van der Waals surface area contributed by atoms with Crippen LogP contribution < -0.4 is 0 Å². The number of hydrogen-bond acceptors (Lipinski definition) is 5. The van der Waals surface area contributed by atoms with E-state index in [1.807, 2.05) is 34.8 Å². The summed E-state index contributed by atoms with van der Waals surface area (Å²) < 4.78 is 11.6. The maximum absolute atomic E-state index is 12.8. The molecule has 0 atom stereocenters. The zero-order valence-corrected chi connectivity index (χ0v) is 44.6. The number of aromatic nitrogens is 2. The topological polar surface area (TPSA) is 44.0 Å². The summed E-state index contributed by atoms with van der Waals surface area (Å²) in [6, 6.07) is 5.50. The highest BCUT2D eigenvalue weighted by Crippen LogP contribution is 2.52. The fourth-order valence-electron chi connectivity index (χ4n) is 11.5. The predicted octanol–water partition coefficient (Wildman–Crippen LogP) is 20.5. The van der Waals surface area contributed by atoms with Crippen LogP contribution in [0.3, 0.4) is 0 Å². The molecule has 0 N–H and O–H groups in total. The molecule has 66 heavy (non-hydrogen) atoms. The van der Waals surface area contributed by atoms with Gasteiger partial charge in [-0.3, -0.25) is 9.59 Å². The van der Waals surface area contributed by atoms with Gasteiger partial charge >= 0.3 is 0 Å². The molecule has 0 aromatic carbocycles. The molecule has 5 aromatic rings. The number of rotatable bonds is 33. The van der Waals surface area contributed by atoms with E-state index in [1.54, 1.807) is 0 Å². The molecule has 7 heteroatoms. The fraction of sp³-hybridized carbons (Fsp3) is 0.695. The van der Waals surface area contributed by atoms with Crippen LogP contribution in [0.2, 0.25) is 0 Å².